The molecular formula is C16H14N4O. The van der Waals surface area contributed by atoms with Gasteiger partial charge in [-0.1, -0.05) is 29.4 Å². The van der Waals surface area contributed by atoms with Crippen LogP contribution in [-0.2, 0) is 6.42 Å². The van der Waals surface area contributed by atoms with E-state index >= 15 is 0 Å². The molecule has 0 saturated heterocycles. The van der Waals surface area contributed by atoms with Crippen molar-refractivity contribution >= 4 is 16.5 Å². The summed E-state index contributed by atoms with van der Waals surface area (Å²) in [6.07, 6.45) is 0.662. The predicted octanol–water partition coefficient (Wildman–Crippen LogP) is 3.06. The van der Waals surface area contributed by atoms with Crippen molar-refractivity contribution in [3.05, 3.63) is 53.7 Å². The van der Waals surface area contributed by atoms with Crippen LogP contribution >= 0.6 is 0 Å². The van der Waals surface area contributed by atoms with Gasteiger partial charge in [0, 0.05) is 29.4 Å². The molecule has 0 aliphatic carbocycles. The number of nitrogens with one attached hydrogen (secondary N) is 1. The number of hydrogen-bond donors (Lipinski definition) is 1. The maximum absolute atomic E-state index is 9.16. The van der Waals surface area contributed by atoms with Gasteiger partial charge in [-0.25, -0.2) is 0 Å². The molecule has 5 nitrogen and oxygen atoms in total. The van der Waals surface area contributed by atoms with E-state index in [1.807, 2.05) is 36.4 Å². The van der Waals surface area contributed by atoms with Crippen LogP contribution in [0.3, 0.4) is 0 Å². The normalized spacial score (nSPS) is 10.5. The number of aryl methyl sites for hydroxylation is 1. The number of nitriles is 1. The van der Waals surface area contributed by atoms with Gasteiger partial charge in [-0.3, -0.25) is 0 Å². The molecular weight excluding hydrogens is 264 g/mol. The Morgan fingerprint density at radius 2 is 2.00 bits per heavy atom. The molecule has 0 aliphatic rings. The van der Waals surface area contributed by atoms with Crippen molar-refractivity contribution in [3.63, 3.8) is 0 Å². The molecule has 0 bridgehead atoms. The zero-order valence-corrected chi connectivity index (χ0v) is 11.6. The molecule has 1 N–H and O–H groups in total. The maximum Gasteiger partial charge on any atom is 0.228 e. The molecule has 3 rings (SSSR count). The summed E-state index contributed by atoms with van der Waals surface area (Å²) >= 11 is 0. The third kappa shape index (κ3) is 2.70. The lowest BCUT2D eigenvalue weighted by molar-refractivity contribution is 0.377. The van der Waals surface area contributed by atoms with Gasteiger partial charge in [-0.2, -0.15) is 10.2 Å². The number of aromatic nitrogens is 2. The average Bonchev–Trinajstić information content (AvgIpc) is 2.93. The van der Waals surface area contributed by atoms with Crippen molar-refractivity contribution in [2.75, 3.05) is 11.9 Å². The zero-order valence-electron chi connectivity index (χ0n) is 11.6. The number of rotatable bonds is 4. The van der Waals surface area contributed by atoms with Gasteiger partial charge in [0.1, 0.15) is 0 Å². The molecule has 1 heterocycles. The van der Waals surface area contributed by atoms with E-state index in [0.29, 0.717) is 30.2 Å². The van der Waals surface area contributed by atoms with Gasteiger partial charge in [-0.15, -0.1) is 0 Å². The summed E-state index contributed by atoms with van der Waals surface area (Å²) in [5.41, 5.74) is 1.68. The summed E-state index contributed by atoms with van der Waals surface area (Å²) < 4.78 is 5.08. The topological polar surface area (TPSA) is 74.7 Å². The number of fused-ring (bicyclic) bond motifs is 1. The van der Waals surface area contributed by atoms with Gasteiger partial charge in [-0.05, 0) is 19.1 Å². The maximum atomic E-state index is 9.16. The van der Waals surface area contributed by atoms with Crippen LogP contribution in [0.2, 0.25) is 0 Å². The van der Waals surface area contributed by atoms with E-state index in [1.54, 1.807) is 6.92 Å². The summed E-state index contributed by atoms with van der Waals surface area (Å²) in [4.78, 5) is 4.17. The van der Waals surface area contributed by atoms with E-state index in [0.717, 1.165) is 16.5 Å². The fourth-order valence-electron chi connectivity index (χ4n) is 2.30. The largest absolute Gasteiger partial charge is 0.384 e. The minimum absolute atomic E-state index is 0.623. The molecule has 0 saturated carbocycles. The molecule has 21 heavy (non-hydrogen) atoms. The quantitative estimate of drug-likeness (QED) is 0.793. The smallest absolute Gasteiger partial charge is 0.228 e. The number of anilines is 1. The van der Waals surface area contributed by atoms with Crippen LogP contribution < -0.4 is 5.32 Å². The van der Waals surface area contributed by atoms with Gasteiger partial charge < -0.3 is 9.84 Å². The Kier molecular flexibility index (Phi) is 3.52. The van der Waals surface area contributed by atoms with E-state index < -0.39 is 0 Å². The fraction of sp³-hybridized carbons (Fsp3) is 0.188. The summed E-state index contributed by atoms with van der Waals surface area (Å²) in [5, 5.41) is 18.3. The van der Waals surface area contributed by atoms with Crippen LogP contribution in [-0.4, -0.2) is 16.7 Å². The van der Waals surface area contributed by atoms with Gasteiger partial charge >= 0.3 is 0 Å². The lowest BCUT2D eigenvalue weighted by Gasteiger charge is -2.09. The van der Waals surface area contributed by atoms with E-state index in [2.05, 4.69) is 21.5 Å². The second-order valence-corrected chi connectivity index (χ2v) is 4.73. The van der Waals surface area contributed by atoms with E-state index in [9.17, 15) is 0 Å². The Morgan fingerprint density at radius 3 is 2.71 bits per heavy atom. The van der Waals surface area contributed by atoms with Crippen LogP contribution in [0.5, 0.6) is 0 Å². The van der Waals surface area contributed by atoms with E-state index in [-0.39, 0.29) is 0 Å². The first-order chi connectivity index (χ1) is 10.3. The Labute approximate surface area is 122 Å². The molecule has 3 aromatic rings. The van der Waals surface area contributed by atoms with Crippen molar-refractivity contribution in [1.82, 2.24) is 10.1 Å². The minimum atomic E-state index is 0.623. The van der Waals surface area contributed by atoms with E-state index in [1.165, 1.54) is 0 Å². The van der Waals surface area contributed by atoms with Gasteiger partial charge in [0.15, 0.2) is 5.82 Å². The molecule has 0 radical (unpaired) electrons. The summed E-state index contributed by atoms with van der Waals surface area (Å²) in [5.74, 6) is 1.27. The summed E-state index contributed by atoms with van der Waals surface area (Å²) in [6.45, 7) is 2.49. The van der Waals surface area contributed by atoms with Gasteiger partial charge in [0.2, 0.25) is 5.89 Å². The highest BCUT2D eigenvalue weighted by Crippen LogP contribution is 2.26. The average molecular weight is 278 g/mol. The van der Waals surface area contributed by atoms with Crippen LogP contribution in [0.25, 0.3) is 10.8 Å². The predicted molar refractivity (Wildman–Crippen MR) is 79.9 cm³/mol. The molecule has 0 unspecified atom stereocenters. The summed E-state index contributed by atoms with van der Waals surface area (Å²) in [7, 11) is 0. The van der Waals surface area contributed by atoms with Crippen molar-refractivity contribution in [3.8, 4) is 6.07 Å². The standard InChI is InChI=1S/C16H14N4O/c1-11-19-16(21-20-11)8-9-18-15-7-6-12(10-17)13-4-2-3-5-14(13)15/h2-7,18H,8-9H2,1H3. The van der Waals surface area contributed by atoms with Crippen LogP contribution in [0.4, 0.5) is 5.69 Å². The van der Waals surface area contributed by atoms with E-state index in [4.69, 9.17) is 9.78 Å². The monoisotopic (exact) mass is 278 g/mol. The molecule has 0 spiro atoms. The zero-order chi connectivity index (χ0) is 14.7. The minimum Gasteiger partial charge on any atom is -0.384 e. The molecule has 104 valence electrons. The van der Waals surface area contributed by atoms with Gasteiger partial charge in [0.25, 0.3) is 0 Å². The van der Waals surface area contributed by atoms with Crippen LogP contribution in [0, 0.1) is 18.3 Å². The number of hydrogen-bond acceptors (Lipinski definition) is 5. The van der Waals surface area contributed by atoms with Crippen molar-refractivity contribution < 1.29 is 4.52 Å². The Hall–Kier alpha value is -2.87. The number of nitrogens with zero attached hydrogens (tertiary/aromatic N) is 3. The first-order valence-corrected chi connectivity index (χ1v) is 6.73. The molecule has 0 atom stereocenters. The molecule has 2 aromatic carbocycles. The lowest BCUT2D eigenvalue weighted by atomic mass is 10.0. The second-order valence-electron chi connectivity index (χ2n) is 4.73. The Morgan fingerprint density at radius 1 is 1.19 bits per heavy atom. The lowest BCUT2D eigenvalue weighted by Crippen LogP contribution is -2.05. The second kappa shape index (κ2) is 5.63. The summed E-state index contributed by atoms with van der Waals surface area (Å²) in [6, 6.07) is 13.9. The molecule has 5 heteroatoms. The van der Waals surface area contributed by atoms with Crippen molar-refractivity contribution in [2.24, 2.45) is 0 Å². The first kappa shape index (κ1) is 13.1. The van der Waals surface area contributed by atoms with Crippen molar-refractivity contribution in [2.45, 2.75) is 13.3 Å². The number of benzene rings is 2. The molecule has 1 aromatic heterocycles. The van der Waals surface area contributed by atoms with Crippen LogP contribution in [0.1, 0.15) is 17.3 Å². The Balaban J connectivity index is 1.80. The van der Waals surface area contributed by atoms with Crippen LogP contribution in [0.15, 0.2) is 40.9 Å². The van der Waals surface area contributed by atoms with Crippen molar-refractivity contribution in [1.29, 1.82) is 5.26 Å². The third-order valence-corrected chi connectivity index (χ3v) is 3.27. The Bertz CT molecular complexity index is 817. The SMILES string of the molecule is Cc1noc(CCNc2ccc(C#N)c3ccccc23)n1. The highest BCUT2D eigenvalue weighted by atomic mass is 16.5. The highest BCUT2D eigenvalue weighted by molar-refractivity contribution is 5.97. The van der Waals surface area contributed by atoms with Gasteiger partial charge in [0.05, 0.1) is 11.6 Å². The molecule has 0 fully saturated rings. The fourth-order valence-corrected chi connectivity index (χ4v) is 2.30. The highest BCUT2D eigenvalue weighted by Gasteiger charge is 2.06. The third-order valence-electron chi connectivity index (χ3n) is 3.27. The first-order valence-electron chi connectivity index (χ1n) is 6.73. The molecule has 0 aliphatic heterocycles. The molecule has 0 amide bonds.